The molecule has 1 aromatic heterocycles. The van der Waals surface area contributed by atoms with Crippen molar-refractivity contribution in [3.63, 3.8) is 0 Å². The van der Waals surface area contributed by atoms with Crippen LogP contribution in [0.4, 0.5) is 0 Å². The number of aromatic nitrogens is 3. The van der Waals surface area contributed by atoms with E-state index in [1.807, 2.05) is 11.5 Å². The molecular formula is C16H29N5O2. The lowest BCUT2D eigenvalue weighted by Crippen LogP contribution is -2.47. The monoisotopic (exact) mass is 323 g/mol. The summed E-state index contributed by atoms with van der Waals surface area (Å²) >= 11 is 0. The van der Waals surface area contributed by atoms with Crippen molar-refractivity contribution in [2.24, 2.45) is 5.41 Å². The first-order valence-electron chi connectivity index (χ1n) is 8.32. The molecule has 1 saturated heterocycles. The number of carbonyl (C=O) groups is 1. The molecular weight excluding hydrogens is 294 g/mol. The molecule has 7 heteroatoms. The quantitative estimate of drug-likeness (QED) is 0.764. The molecule has 2 heterocycles. The number of carbonyl (C=O) groups excluding carboxylic acids is 1. The van der Waals surface area contributed by atoms with Gasteiger partial charge in [-0.15, -0.1) is 10.2 Å². The number of aryl methyl sites for hydroxylation is 1. The lowest BCUT2D eigenvalue weighted by molar-refractivity contribution is -0.133. The molecule has 1 N–H and O–H groups in total. The van der Waals surface area contributed by atoms with E-state index in [4.69, 9.17) is 4.74 Å². The van der Waals surface area contributed by atoms with Crippen LogP contribution in [0.5, 0.6) is 0 Å². The van der Waals surface area contributed by atoms with Crippen LogP contribution in [0.15, 0.2) is 6.33 Å². The van der Waals surface area contributed by atoms with Gasteiger partial charge in [0.15, 0.2) is 5.82 Å². The Hall–Kier alpha value is -1.47. The summed E-state index contributed by atoms with van der Waals surface area (Å²) in [5.41, 5.74) is -0.290. The fourth-order valence-corrected chi connectivity index (χ4v) is 2.93. The molecule has 1 aliphatic rings. The Morgan fingerprint density at radius 1 is 1.48 bits per heavy atom. The van der Waals surface area contributed by atoms with Gasteiger partial charge in [-0.05, 0) is 46.3 Å². The van der Waals surface area contributed by atoms with Gasteiger partial charge in [-0.3, -0.25) is 4.79 Å². The highest BCUT2D eigenvalue weighted by Gasteiger charge is 2.37. The highest BCUT2D eigenvalue weighted by atomic mass is 16.5. The van der Waals surface area contributed by atoms with E-state index in [0.717, 1.165) is 44.7 Å². The third kappa shape index (κ3) is 4.51. The van der Waals surface area contributed by atoms with Crippen molar-refractivity contribution in [3.05, 3.63) is 12.2 Å². The average Bonchev–Trinajstić information content (AvgIpc) is 2.99. The van der Waals surface area contributed by atoms with Crippen molar-refractivity contribution < 1.29 is 9.53 Å². The second kappa shape index (κ2) is 7.88. The predicted molar refractivity (Wildman–Crippen MR) is 87.9 cm³/mol. The zero-order valence-electron chi connectivity index (χ0n) is 14.7. The van der Waals surface area contributed by atoms with E-state index in [0.29, 0.717) is 6.61 Å². The number of nitrogens with one attached hydrogen (secondary N) is 1. The van der Waals surface area contributed by atoms with Gasteiger partial charge < -0.3 is 19.5 Å². The molecule has 1 aromatic rings. The molecule has 0 bridgehead atoms. The Balaban J connectivity index is 1.95. The first-order chi connectivity index (χ1) is 11.0. The molecule has 0 aliphatic carbocycles. The zero-order valence-corrected chi connectivity index (χ0v) is 14.7. The van der Waals surface area contributed by atoms with Gasteiger partial charge in [0.25, 0.3) is 0 Å². The van der Waals surface area contributed by atoms with Crippen LogP contribution in [0.25, 0.3) is 0 Å². The van der Waals surface area contributed by atoms with E-state index in [-0.39, 0.29) is 17.4 Å². The molecule has 23 heavy (non-hydrogen) atoms. The maximum Gasteiger partial charge on any atom is 0.226 e. The molecule has 1 amide bonds. The van der Waals surface area contributed by atoms with E-state index in [1.165, 1.54) is 0 Å². The second-order valence-corrected chi connectivity index (χ2v) is 6.79. The van der Waals surface area contributed by atoms with Crippen LogP contribution < -0.4 is 5.32 Å². The van der Waals surface area contributed by atoms with Gasteiger partial charge >= 0.3 is 0 Å². The van der Waals surface area contributed by atoms with Crippen molar-refractivity contribution >= 4 is 5.91 Å². The van der Waals surface area contributed by atoms with Gasteiger partial charge in [0, 0.05) is 25.7 Å². The summed E-state index contributed by atoms with van der Waals surface area (Å²) in [5, 5.41) is 11.3. The molecule has 1 unspecified atom stereocenters. The predicted octanol–water partition coefficient (Wildman–Crippen LogP) is 1.22. The van der Waals surface area contributed by atoms with Crippen LogP contribution in [0.2, 0.25) is 0 Å². The molecule has 0 spiro atoms. The maximum atomic E-state index is 12.7. The van der Waals surface area contributed by atoms with Crippen LogP contribution in [0.1, 0.15) is 45.0 Å². The summed E-state index contributed by atoms with van der Waals surface area (Å²) in [6.45, 7) is 7.44. The molecule has 1 aliphatic heterocycles. The molecule has 0 aromatic carbocycles. The van der Waals surface area contributed by atoms with Gasteiger partial charge in [-0.2, -0.15) is 0 Å². The van der Waals surface area contributed by atoms with E-state index in [1.54, 1.807) is 13.4 Å². The fraction of sp³-hybridized carbons (Fsp3) is 0.812. The van der Waals surface area contributed by atoms with Crippen LogP contribution in [-0.4, -0.2) is 59.4 Å². The highest BCUT2D eigenvalue weighted by Crippen LogP contribution is 2.31. The summed E-state index contributed by atoms with van der Waals surface area (Å²) in [5.74, 6) is 0.913. The van der Waals surface area contributed by atoms with Gasteiger partial charge in [-0.1, -0.05) is 6.92 Å². The number of likely N-dealkylation sites (tertiary alicyclic amines) is 1. The molecule has 7 nitrogen and oxygen atoms in total. The topological polar surface area (TPSA) is 72.3 Å². The maximum absolute atomic E-state index is 12.7. The van der Waals surface area contributed by atoms with Crippen LogP contribution in [-0.2, 0) is 16.1 Å². The minimum atomic E-state index is -0.290. The first-order valence-corrected chi connectivity index (χ1v) is 8.32. The van der Waals surface area contributed by atoms with Crippen molar-refractivity contribution in [2.75, 3.05) is 33.9 Å². The molecule has 0 saturated carbocycles. The summed E-state index contributed by atoms with van der Waals surface area (Å²) in [7, 11) is 3.79. The largest absolute Gasteiger partial charge is 0.385 e. The number of hydrogen-bond acceptors (Lipinski definition) is 5. The van der Waals surface area contributed by atoms with Gasteiger partial charge in [0.2, 0.25) is 5.91 Å². The number of methoxy groups -OCH3 is 1. The summed E-state index contributed by atoms with van der Waals surface area (Å²) in [6.07, 6.45) is 4.39. The average molecular weight is 323 g/mol. The number of rotatable bonds is 7. The third-order valence-electron chi connectivity index (χ3n) is 4.77. The number of hydrogen-bond donors (Lipinski definition) is 1. The molecule has 130 valence electrons. The number of piperidine rings is 1. The molecule has 1 atom stereocenters. The first kappa shape index (κ1) is 17.9. The van der Waals surface area contributed by atoms with Crippen LogP contribution in [0, 0.1) is 5.41 Å². The normalized spacial score (nSPS) is 19.5. The lowest BCUT2D eigenvalue weighted by atomic mass is 9.79. The number of ether oxygens (including phenoxy) is 1. The Bertz CT molecular complexity index is 508. The smallest absolute Gasteiger partial charge is 0.226 e. The minimum absolute atomic E-state index is 0.115. The zero-order chi connectivity index (χ0) is 16.9. The van der Waals surface area contributed by atoms with Crippen LogP contribution >= 0.6 is 0 Å². The molecule has 0 radical (unpaired) electrons. The molecule has 1 fully saturated rings. The second-order valence-electron chi connectivity index (χ2n) is 6.79. The number of nitrogens with zero attached hydrogens (tertiary/aromatic N) is 4. The van der Waals surface area contributed by atoms with E-state index in [9.17, 15) is 4.79 Å². The summed E-state index contributed by atoms with van der Waals surface area (Å²) in [6, 6.07) is -0.149. The summed E-state index contributed by atoms with van der Waals surface area (Å²) < 4.78 is 7.07. The Morgan fingerprint density at radius 3 is 2.83 bits per heavy atom. The van der Waals surface area contributed by atoms with E-state index >= 15 is 0 Å². The summed E-state index contributed by atoms with van der Waals surface area (Å²) in [4.78, 5) is 15.0. The van der Waals surface area contributed by atoms with Crippen molar-refractivity contribution in [3.8, 4) is 0 Å². The Kier molecular flexibility index (Phi) is 6.12. The van der Waals surface area contributed by atoms with Crippen molar-refractivity contribution in [1.82, 2.24) is 25.0 Å². The Labute approximate surface area is 138 Å². The van der Waals surface area contributed by atoms with Crippen molar-refractivity contribution in [1.29, 1.82) is 0 Å². The Morgan fingerprint density at radius 2 is 2.17 bits per heavy atom. The standard InChI is InChI=1S/C16H29N5O2/c1-13(14-19-17-12-21(14)8-5-11-23-4)18-15(22)16(2)6-9-20(3)10-7-16/h12-13H,5-11H2,1-4H3,(H,18,22). The molecule has 2 rings (SSSR count). The third-order valence-corrected chi connectivity index (χ3v) is 4.77. The highest BCUT2D eigenvalue weighted by molar-refractivity contribution is 5.82. The van der Waals surface area contributed by atoms with Gasteiger partial charge in [0.05, 0.1) is 6.04 Å². The number of amides is 1. The fourth-order valence-electron chi connectivity index (χ4n) is 2.93. The van der Waals surface area contributed by atoms with Crippen LogP contribution in [0.3, 0.4) is 0 Å². The van der Waals surface area contributed by atoms with E-state index < -0.39 is 0 Å². The van der Waals surface area contributed by atoms with Gasteiger partial charge in [-0.25, -0.2) is 0 Å². The van der Waals surface area contributed by atoms with Crippen molar-refractivity contribution in [2.45, 2.75) is 45.7 Å². The van der Waals surface area contributed by atoms with E-state index in [2.05, 4.69) is 34.4 Å². The SMILES string of the molecule is COCCCn1cnnc1C(C)NC(=O)C1(C)CCN(C)CC1. The lowest BCUT2D eigenvalue weighted by Gasteiger charge is -2.37. The minimum Gasteiger partial charge on any atom is -0.385 e. The van der Waals surface area contributed by atoms with Gasteiger partial charge in [0.1, 0.15) is 6.33 Å².